The van der Waals surface area contributed by atoms with Gasteiger partial charge < -0.3 is 9.84 Å². The molecule has 1 N–H and O–H groups in total. The Morgan fingerprint density at radius 2 is 2.16 bits per heavy atom. The normalized spacial score (nSPS) is 31.2. The van der Waals surface area contributed by atoms with Gasteiger partial charge in [-0.25, -0.2) is 0 Å². The predicted octanol–water partition coefficient (Wildman–Crippen LogP) is 2.45. The summed E-state index contributed by atoms with van der Waals surface area (Å²) >= 11 is 0. The van der Waals surface area contributed by atoms with E-state index >= 15 is 0 Å². The molecule has 3 nitrogen and oxygen atoms in total. The van der Waals surface area contributed by atoms with Crippen molar-refractivity contribution >= 4 is 0 Å². The highest BCUT2D eigenvalue weighted by Crippen LogP contribution is 2.43. The molecule has 1 aromatic carbocycles. The number of hydrogen-bond acceptors (Lipinski definition) is 3. The van der Waals surface area contributed by atoms with Crippen LogP contribution in [0.25, 0.3) is 0 Å². The minimum atomic E-state index is -0.670. The molecule has 2 aliphatic rings. The SMILES string of the molecule is COc1ccc(C2(O)CCN3CCCCC32)c(C)c1. The average molecular weight is 261 g/mol. The van der Waals surface area contributed by atoms with Crippen LogP contribution in [0.2, 0.25) is 0 Å². The summed E-state index contributed by atoms with van der Waals surface area (Å²) in [5, 5.41) is 11.2. The van der Waals surface area contributed by atoms with Gasteiger partial charge in [0.05, 0.1) is 7.11 Å². The average Bonchev–Trinajstić information content (AvgIpc) is 2.78. The van der Waals surface area contributed by atoms with E-state index in [9.17, 15) is 5.11 Å². The molecule has 2 unspecified atom stereocenters. The van der Waals surface area contributed by atoms with E-state index in [1.165, 1.54) is 12.8 Å². The molecular weight excluding hydrogens is 238 g/mol. The maximum absolute atomic E-state index is 11.2. The van der Waals surface area contributed by atoms with Gasteiger partial charge in [-0.05, 0) is 56.0 Å². The van der Waals surface area contributed by atoms with Crippen LogP contribution in [0.15, 0.2) is 18.2 Å². The molecule has 0 radical (unpaired) electrons. The van der Waals surface area contributed by atoms with Gasteiger partial charge in [-0.3, -0.25) is 4.90 Å². The molecule has 2 atom stereocenters. The van der Waals surface area contributed by atoms with Crippen molar-refractivity contribution < 1.29 is 9.84 Å². The third-order valence-electron chi connectivity index (χ3n) is 4.85. The summed E-state index contributed by atoms with van der Waals surface area (Å²) in [6, 6.07) is 6.34. The summed E-state index contributed by atoms with van der Waals surface area (Å²) in [4.78, 5) is 2.47. The van der Waals surface area contributed by atoms with Crippen molar-refractivity contribution in [2.75, 3.05) is 20.2 Å². The smallest absolute Gasteiger partial charge is 0.119 e. The van der Waals surface area contributed by atoms with Crippen molar-refractivity contribution in [3.05, 3.63) is 29.3 Å². The van der Waals surface area contributed by atoms with E-state index in [4.69, 9.17) is 4.74 Å². The van der Waals surface area contributed by atoms with E-state index in [-0.39, 0.29) is 0 Å². The van der Waals surface area contributed by atoms with Crippen molar-refractivity contribution in [2.45, 2.75) is 44.2 Å². The first kappa shape index (κ1) is 12.9. The summed E-state index contributed by atoms with van der Waals surface area (Å²) in [5.74, 6) is 0.864. The lowest BCUT2D eigenvalue weighted by molar-refractivity contribution is -0.0143. The molecule has 0 spiro atoms. The van der Waals surface area contributed by atoms with Crippen molar-refractivity contribution in [2.24, 2.45) is 0 Å². The molecule has 0 aromatic heterocycles. The first-order valence-electron chi connectivity index (χ1n) is 7.27. The number of aryl methyl sites for hydroxylation is 1. The molecule has 0 saturated carbocycles. The fourth-order valence-electron chi connectivity index (χ4n) is 3.84. The van der Waals surface area contributed by atoms with Gasteiger partial charge in [0.2, 0.25) is 0 Å². The van der Waals surface area contributed by atoms with E-state index in [1.54, 1.807) is 7.11 Å². The van der Waals surface area contributed by atoms with Gasteiger partial charge in [0.15, 0.2) is 0 Å². The lowest BCUT2D eigenvalue weighted by Crippen LogP contribution is -2.45. The zero-order valence-corrected chi connectivity index (χ0v) is 11.9. The minimum absolute atomic E-state index is 0.299. The number of methoxy groups -OCH3 is 1. The Morgan fingerprint density at radius 3 is 2.89 bits per heavy atom. The molecule has 1 aromatic rings. The first-order chi connectivity index (χ1) is 9.15. The van der Waals surface area contributed by atoms with Crippen molar-refractivity contribution in [3.8, 4) is 5.75 Å². The van der Waals surface area contributed by atoms with Crippen LogP contribution in [0.4, 0.5) is 0 Å². The maximum atomic E-state index is 11.2. The molecule has 0 amide bonds. The van der Waals surface area contributed by atoms with Crippen LogP contribution in [0.3, 0.4) is 0 Å². The number of aliphatic hydroxyl groups is 1. The predicted molar refractivity (Wildman–Crippen MR) is 75.5 cm³/mol. The molecule has 2 aliphatic heterocycles. The van der Waals surface area contributed by atoms with Gasteiger partial charge in [0, 0.05) is 12.6 Å². The van der Waals surface area contributed by atoms with Gasteiger partial charge in [-0.2, -0.15) is 0 Å². The Kier molecular flexibility index (Phi) is 3.27. The number of benzene rings is 1. The molecular formula is C16H23NO2. The second kappa shape index (κ2) is 4.80. The fourth-order valence-corrected chi connectivity index (χ4v) is 3.84. The third kappa shape index (κ3) is 2.05. The van der Waals surface area contributed by atoms with Gasteiger partial charge in [0.25, 0.3) is 0 Å². The number of fused-ring (bicyclic) bond motifs is 1. The van der Waals surface area contributed by atoms with Gasteiger partial charge >= 0.3 is 0 Å². The van der Waals surface area contributed by atoms with Crippen LogP contribution < -0.4 is 4.74 Å². The van der Waals surface area contributed by atoms with Crippen LogP contribution >= 0.6 is 0 Å². The van der Waals surface area contributed by atoms with Crippen molar-refractivity contribution in [1.29, 1.82) is 0 Å². The van der Waals surface area contributed by atoms with Crippen molar-refractivity contribution in [3.63, 3.8) is 0 Å². The number of rotatable bonds is 2. The summed E-state index contributed by atoms with van der Waals surface area (Å²) in [6.07, 6.45) is 4.47. The monoisotopic (exact) mass is 261 g/mol. The Morgan fingerprint density at radius 1 is 1.32 bits per heavy atom. The topological polar surface area (TPSA) is 32.7 Å². The van der Waals surface area contributed by atoms with E-state index in [2.05, 4.69) is 11.8 Å². The molecule has 3 rings (SSSR count). The standard InChI is InChI=1S/C16H23NO2/c1-12-11-13(19-2)6-7-14(12)16(18)8-10-17-9-4-3-5-15(16)17/h6-7,11,15,18H,3-5,8-10H2,1-2H3. The zero-order valence-electron chi connectivity index (χ0n) is 11.9. The Labute approximate surface area is 115 Å². The second-order valence-electron chi connectivity index (χ2n) is 5.90. The number of nitrogens with zero attached hydrogens (tertiary/aromatic N) is 1. The van der Waals surface area contributed by atoms with Crippen LogP contribution in [-0.4, -0.2) is 36.2 Å². The lowest BCUT2D eigenvalue weighted by atomic mass is 9.81. The summed E-state index contributed by atoms with van der Waals surface area (Å²) < 4.78 is 5.26. The highest BCUT2D eigenvalue weighted by molar-refractivity contribution is 5.40. The fraction of sp³-hybridized carbons (Fsp3) is 0.625. The van der Waals surface area contributed by atoms with Crippen LogP contribution in [0, 0.1) is 6.92 Å². The van der Waals surface area contributed by atoms with E-state index in [0.717, 1.165) is 42.8 Å². The quantitative estimate of drug-likeness (QED) is 0.887. The largest absolute Gasteiger partial charge is 0.497 e. The molecule has 19 heavy (non-hydrogen) atoms. The zero-order chi connectivity index (χ0) is 13.5. The van der Waals surface area contributed by atoms with Crippen molar-refractivity contribution in [1.82, 2.24) is 4.90 Å². The Bertz CT molecular complexity index is 474. The molecule has 104 valence electrons. The molecule has 0 bridgehead atoms. The molecule has 3 heteroatoms. The maximum Gasteiger partial charge on any atom is 0.119 e. The van der Waals surface area contributed by atoms with Gasteiger partial charge in [-0.15, -0.1) is 0 Å². The molecule has 2 fully saturated rings. The highest BCUT2D eigenvalue weighted by atomic mass is 16.5. The lowest BCUT2D eigenvalue weighted by Gasteiger charge is -2.38. The van der Waals surface area contributed by atoms with Gasteiger partial charge in [0.1, 0.15) is 11.4 Å². The summed E-state index contributed by atoms with van der Waals surface area (Å²) in [6.45, 7) is 4.23. The van der Waals surface area contributed by atoms with Crippen LogP contribution in [-0.2, 0) is 5.60 Å². The van der Waals surface area contributed by atoms with E-state index in [0.29, 0.717) is 6.04 Å². The van der Waals surface area contributed by atoms with Gasteiger partial charge in [-0.1, -0.05) is 12.5 Å². The minimum Gasteiger partial charge on any atom is -0.497 e. The van der Waals surface area contributed by atoms with Crippen LogP contribution in [0.1, 0.15) is 36.8 Å². The van der Waals surface area contributed by atoms with E-state index in [1.807, 2.05) is 18.2 Å². The number of hydrogen-bond donors (Lipinski definition) is 1. The molecule has 2 heterocycles. The van der Waals surface area contributed by atoms with E-state index < -0.39 is 5.60 Å². The molecule has 0 aliphatic carbocycles. The number of piperidine rings is 1. The first-order valence-corrected chi connectivity index (χ1v) is 7.27. The third-order valence-corrected chi connectivity index (χ3v) is 4.85. The Hall–Kier alpha value is -1.06. The number of ether oxygens (including phenoxy) is 1. The summed E-state index contributed by atoms with van der Waals surface area (Å²) in [7, 11) is 1.68. The Balaban J connectivity index is 1.96. The molecule has 2 saturated heterocycles. The van der Waals surface area contributed by atoms with Crippen LogP contribution in [0.5, 0.6) is 5.75 Å². The highest BCUT2D eigenvalue weighted by Gasteiger charge is 2.48. The second-order valence-corrected chi connectivity index (χ2v) is 5.90. The summed E-state index contributed by atoms with van der Waals surface area (Å²) in [5.41, 5.74) is 1.55.